The number of carboxylic acids is 1. The van der Waals surface area contributed by atoms with Crippen LogP contribution in [0.25, 0.3) is 0 Å². The molecule has 0 aliphatic heterocycles. The molecule has 19 heavy (non-hydrogen) atoms. The Morgan fingerprint density at radius 2 is 2.32 bits per heavy atom. The zero-order chi connectivity index (χ0) is 14.4. The van der Waals surface area contributed by atoms with Crippen LogP contribution in [0.2, 0.25) is 0 Å². The third-order valence-electron chi connectivity index (χ3n) is 2.33. The van der Waals surface area contributed by atoms with Crippen LogP contribution in [0, 0.1) is 0 Å². The molecular formula is C11H17N3O3S2. The number of carboxylic acid groups (broad SMARTS) is 1. The summed E-state index contributed by atoms with van der Waals surface area (Å²) < 4.78 is 0. The molecule has 8 heteroatoms. The molecule has 1 aromatic heterocycles. The molecule has 106 valence electrons. The summed E-state index contributed by atoms with van der Waals surface area (Å²) in [6.07, 6.45) is 0. The van der Waals surface area contributed by atoms with Gasteiger partial charge in [-0.15, -0.1) is 11.3 Å². The van der Waals surface area contributed by atoms with E-state index in [2.05, 4.69) is 4.98 Å². The predicted molar refractivity (Wildman–Crippen MR) is 77.6 cm³/mol. The largest absolute Gasteiger partial charge is 0.480 e. The normalized spacial score (nSPS) is 12.2. The highest BCUT2D eigenvalue weighted by molar-refractivity contribution is 7.98. The first-order valence-corrected chi connectivity index (χ1v) is 7.77. The lowest BCUT2D eigenvalue weighted by Crippen LogP contribution is -2.32. The van der Waals surface area contributed by atoms with E-state index >= 15 is 0 Å². The van der Waals surface area contributed by atoms with Crippen LogP contribution >= 0.6 is 23.1 Å². The number of amides is 1. The van der Waals surface area contributed by atoms with Crippen molar-refractivity contribution in [1.29, 1.82) is 0 Å². The Morgan fingerprint density at radius 1 is 1.63 bits per heavy atom. The van der Waals surface area contributed by atoms with Gasteiger partial charge in [0.05, 0.1) is 5.69 Å². The molecule has 0 unspecified atom stereocenters. The summed E-state index contributed by atoms with van der Waals surface area (Å²) in [5, 5.41) is 11.2. The molecule has 1 aromatic rings. The first kappa shape index (κ1) is 15.9. The second-order valence-corrected chi connectivity index (χ2v) is 5.71. The number of rotatable bonds is 7. The number of hydrogen-bond acceptors (Lipinski definition) is 6. The van der Waals surface area contributed by atoms with E-state index in [1.807, 2.05) is 12.3 Å². The minimum atomic E-state index is -1.000. The van der Waals surface area contributed by atoms with E-state index in [-0.39, 0.29) is 5.91 Å². The molecule has 1 rings (SSSR count). The summed E-state index contributed by atoms with van der Waals surface area (Å²) in [5.41, 5.74) is 6.24. The van der Waals surface area contributed by atoms with Gasteiger partial charge in [-0.2, -0.15) is 11.8 Å². The van der Waals surface area contributed by atoms with Crippen molar-refractivity contribution in [1.82, 2.24) is 4.98 Å². The van der Waals surface area contributed by atoms with Crippen LogP contribution in [0.1, 0.15) is 19.5 Å². The lowest BCUT2D eigenvalue weighted by Gasteiger charge is -2.14. The zero-order valence-electron chi connectivity index (χ0n) is 10.8. The van der Waals surface area contributed by atoms with Gasteiger partial charge in [0.15, 0.2) is 5.13 Å². The number of aliphatic carboxylic acids is 1. The van der Waals surface area contributed by atoms with Gasteiger partial charge in [0.25, 0.3) is 0 Å². The van der Waals surface area contributed by atoms with Crippen LogP contribution < -0.4 is 10.6 Å². The quantitative estimate of drug-likeness (QED) is 0.784. The second kappa shape index (κ2) is 7.46. The number of thioether (sulfide) groups is 1. The standard InChI is InChI=1S/C11H17N3O3S2/c1-3-14(7(2)15)11-13-8(5-19-11)4-18-6-9(12)10(16)17/h5,9H,3-4,6,12H2,1-2H3,(H,16,17)/t9-/m1/s1. The SMILES string of the molecule is CCN(C(C)=O)c1nc(CSC[C@@H](N)C(=O)O)cs1. The van der Waals surface area contributed by atoms with E-state index in [0.29, 0.717) is 23.2 Å². The van der Waals surface area contributed by atoms with Crippen molar-refractivity contribution in [3.63, 3.8) is 0 Å². The lowest BCUT2D eigenvalue weighted by atomic mass is 10.4. The fourth-order valence-corrected chi connectivity index (χ4v) is 3.25. The summed E-state index contributed by atoms with van der Waals surface area (Å²) in [7, 11) is 0. The average Bonchev–Trinajstić information content (AvgIpc) is 2.77. The van der Waals surface area contributed by atoms with E-state index in [1.54, 1.807) is 4.90 Å². The van der Waals surface area contributed by atoms with Gasteiger partial charge in [0, 0.05) is 30.4 Å². The highest BCUT2D eigenvalue weighted by Crippen LogP contribution is 2.23. The number of carbonyl (C=O) groups is 2. The Kier molecular flexibility index (Phi) is 6.26. The van der Waals surface area contributed by atoms with Crippen LogP contribution in [0.4, 0.5) is 5.13 Å². The van der Waals surface area contributed by atoms with Crippen molar-refractivity contribution in [2.75, 3.05) is 17.2 Å². The summed E-state index contributed by atoms with van der Waals surface area (Å²) in [4.78, 5) is 27.9. The van der Waals surface area contributed by atoms with Gasteiger partial charge in [-0.3, -0.25) is 14.5 Å². The summed E-state index contributed by atoms with van der Waals surface area (Å²) in [6.45, 7) is 3.98. The van der Waals surface area contributed by atoms with Crippen molar-refractivity contribution in [2.45, 2.75) is 25.6 Å². The molecule has 0 saturated heterocycles. The molecule has 0 radical (unpaired) electrons. The van der Waals surface area contributed by atoms with Crippen LogP contribution in [0.15, 0.2) is 5.38 Å². The third kappa shape index (κ3) is 4.81. The smallest absolute Gasteiger partial charge is 0.321 e. The number of nitrogens with zero attached hydrogens (tertiary/aromatic N) is 2. The molecule has 0 aliphatic carbocycles. The summed E-state index contributed by atoms with van der Waals surface area (Å²) in [6, 6.07) is -0.854. The number of aromatic nitrogens is 1. The predicted octanol–water partition coefficient (Wildman–Crippen LogP) is 1.16. The Morgan fingerprint density at radius 3 is 2.84 bits per heavy atom. The zero-order valence-corrected chi connectivity index (χ0v) is 12.5. The molecule has 1 atom stereocenters. The molecule has 1 amide bonds. The molecule has 0 fully saturated rings. The van der Waals surface area contributed by atoms with Crippen LogP contribution in [-0.2, 0) is 15.3 Å². The molecular weight excluding hydrogens is 286 g/mol. The number of thiazole rings is 1. The molecule has 0 bridgehead atoms. The van der Waals surface area contributed by atoms with E-state index in [0.717, 1.165) is 5.69 Å². The van der Waals surface area contributed by atoms with Gasteiger partial charge in [-0.05, 0) is 6.92 Å². The number of hydrogen-bond donors (Lipinski definition) is 2. The van der Waals surface area contributed by atoms with Crippen LogP contribution in [-0.4, -0.2) is 40.3 Å². The molecule has 0 spiro atoms. The fraction of sp³-hybridized carbons (Fsp3) is 0.545. The average molecular weight is 303 g/mol. The lowest BCUT2D eigenvalue weighted by molar-refractivity contribution is -0.137. The van der Waals surface area contributed by atoms with Crippen molar-refractivity contribution in [2.24, 2.45) is 5.73 Å². The molecule has 0 aliphatic rings. The highest BCUT2D eigenvalue weighted by Gasteiger charge is 2.14. The molecule has 0 aromatic carbocycles. The Labute approximate surface area is 120 Å². The second-order valence-electron chi connectivity index (χ2n) is 3.84. The van der Waals surface area contributed by atoms with E-state index in [9.17, 15) is 9.59 Å². The molecule has 0 saturated carbocycles. The van der Waals surface area contributed by atoms with Gasteiger partial charge in [-0.25, -0.2) is 4.98 Å². The van der Waals surface area contributed by atoms with E-state index < -0.39 is 12.0 Å². The first-order valence-electron chi connectivity index (χ1n) is 5.74. The van der Waals surface area contributed by atoms with Gasteiger partial charge < -0.3 is 10.8 Å². The number of carbonyl (C=O) groups excluding carboxylic acids is 1. The summed E-state index contributed by atoms with van der Waals surface area (Å²) in [5.74, 6) is -0.108. The fourth-order valence-electron chi connectivity index (χ4n) is 1.34. The van der Waals surface area contributed by atoms with Crippen LogP contribution in [0.5, 0.6) is 0 Å². The van der Waals surface area contributed by atoms with Gasteiger partial charge >= 0.3 is 5.97 Å². The van der Waals surface area contributed by atoms with Crippen molar-refractivity contribution < 1.29 is 14.7 Å². The Bertz CT molecular complexity index is 450. The maximum Gasteiger partial charge on any atom is 0.321 e. The van der Waals surface area contributed by atoms with Crippen LogP contribution in [0.3, 0.4) is 0 Å². The molecule has 1 heterocycles. The number of nitrogens with two attached hydrogens (primary N) is 1. The number of anilines is 1. The molecule has 3 N–H and O–H groups in total. The summed E-state index contributed by atoms with van der Waals surface area (Å²) >= 11 is 2.83. The highest BCUT2D eigenvalue weighted by atomic mass is 32.2. The van der Waals surface area contributed by atoms with Gasteiger partial charge in [0.2, 0.25) is 5.91 Å². The van der Waals surface area contributed by atoms with Gasteiger partial charge in [-0.1, -0.05) is 0 Å². The topological polar surface area (TPSA) is 96.5 Å². The minimum absolute atomic E-state index is 0.0380. The minimum Gasteiger partial charge on any atom is -0.480 e. The van der Waals surface area contributed by atoms with Crippen molar-refractivity contribution in [3.05, 3.63) is 11.1 Å². The maximum absolute atomic E-state index is 11.4. The van der Waals surface area contributed by atoms with Gasteiger partial charge in [0.1, 0.15) is 6.04 Å². The third-order valence-corrected chi connectivity index (χ3v) is 4.34. The monoisotopic (exact) mass is 303 g/mol. The maximum atomic E-state index is 11.4. The Balaban J connectivity index is 2.51. The van der Waals surface area contributed by atoms with Crippen molar-refractivity contribution in [3.8, 4) is 0 Å². The first-order chi connectivity index (χ1) is 8.95. The van der Waals surface area contributed by atoms with Crippen molar-refractivity contribution >= 4 is 40.1 Å². The van der Waals surface area contributed by atoms with E-state index in [4.69, 9.17) is 10.8 Å². The molecule has 6 nitrogen and oxygen atoms in total. The Hall–Kier alpha value is -1.12. The van der Waals surface area contributed by atoms with E-state index in [1.165, 1.54) is 30.0 Å².